The van der Waals surface area contributed by atoms with Crippen LogP contribution in [0.5, 0.6) is 0 Å². The summed E-state index contributed by atoms with van der Waals surface area (Å²) in [4.78, 5) is 39.1. The van der Waals surface area contributed by atoms with Crippen molar-refractivity contribution in [3.05, 3.63) is 39.9 Å². The summed E-state index contributed by atoms with van der Waals surface area (Å²) in [5.74, 6) is -0.155. The Morgan fingerprint density at radius 1 is 1.00 bits per heavy atom. The summed E-state index contributed by atoms with van der Waals surface area (Å²) in [6.07, 6.45) is 3.39. The largest absolute Gasteiger partial charge is 0.342 e. The Balaban J connectivity index is 1.63. The number of rotatable bonds is 3. The number of likely N-dealkylation sites (tertiary alicyclic amines) is 2. The van der Waals surface area contributed by atoms with Crippen LogP contribution in [0.25, 0.3) is 0 Å². The first kappa shape index (κ1) is 16.4. The third-order valence-corrected chi connectivity index (χ3v) is 4.88. The molecule has 0 aromatic heterocycles. The number of amides is 2. The minimum atomic E-state index is -0.531. The van der Waals surface area contributed by atoms with Crippen molar-refractivity contribution in [3.8, 4) is 0 Å². The fourth-order valence-corrected chi connectivity index (χ4v) is 3.51. The molecular formula is C17H21N3O4. The highest BCUT2D eigenvalue weighted by Crippen LogP contribution is 2.25. The average Bonchev–Trinajstić information content (AvgIpc) is 3.15. The summed E-state index contributed by atoms with van der Waals surface area (Å²) in [6.45, 7) is 2.62. The second-order valence-corrected chi connectivity index (χ2v) is 6.37. The number of piperidine rings is 1. The maximum Gasteiger partial charge on any atom is 0.282 e. The molecule has 0 spiro atoms. The summed E-state index contributed by atoms with van der Waals surface area (Å²) in [7, 11) is 0. The van der Waals surface area contributed by atoms with Crippen molar-refractivity contribution in [2.75, 3.05) is 26.2 Å². The van der Waals surface area contributed by atoms with Gasteiger partial charge >= 0.3 is 0 Å². The molecule has 0 N–H and O–H groups in total. The van der Waals surface area contributed by atoms with Crippen LogP contribution in [0.4, 0.5) is 5.69 Å². The van der Waals surface area contributed by atoms with Crippen LogP contribution in [0.15, 0.2) is 24.3 Å². The van der Waals surface area contributed by atoms with Gasteiger partial charge in [-0.25, -0.2) is 0 Å². The number of para-hydroxylation sites is 1. The minimum Gasteiger partial charge on any atom is -0.342 e. The lowest BCUT2D eigenvalue weighted by molar-refractivity contribution is -0.385. The lowest BCUT2D eigenvalue weighted by atomic mass is 9.94. The number of carbonyl (C=O) groups excluding carboxylic acids is 2. The molecule has 0 unspecified atom stereocenters. The average molecular weight is 331 g/mol. The van der Waals surface area contributed by atoms with Crippen LogP contribution in [-0.2, 0) is 4.79 Å². The Morgan fingerprint density at radius 3 is 2.25 bits per heavy atom. The van der Waals surface area contributed by atoms with E-state index in [-0.39, 0.29) is 29.0 Å². The van der Waals surface area contributed by atoms with Crippen LogP contribution in [0.3, 0.4) is 0 Å². The Hall–Kier alpha value is -2.44. The molecule has 2 saturated heterocycles. The second-order valence-electron chi connectivity index (χ2n) is 6.37. The normalized spacial score (nSPS) is 18.7. The number of nitro benzene ring substituents is 1. The number of benzene rings is 1. The molecule has 3 rings (SSSR count). The van der Waals surface area contributed by atoms with E-state index in [1.807, 2.05) is 4.90 Å². The standard InChI is InChI=1S/C17H21N3O4/c21-16(18-9-3-4-10-18)13-7-11-19(12-8-13)17(22)14-5-1-2-6-15(14)20(23)24/h1-2,5-6,13H,3-4,7-12H2. The van der Waals surface area contributed by atoms with Gasteiger partial charge in [-0.05, 0) is 31.7 Å². The van der Waals surface area contributed by atoms with Gasteiger partial charge in [-0.15, -0.1) is 0 Å². The van der Waals surface area contributed by atoms with Gasteiger partial charge in [0.2, 0.25) is 5.91 Å². The maximum atomic E-state index is 12.6. The van der Waals surface area contributed by atoms with Crippen molar-refractivity contribution in [1.29, 1.82) is 0 Å². The number of nitro groups is 1. The smallest absolute Gasteiger partial charge is 0.282 e. The van der Waals surface area contributed by atoms with E-state index >= 15 is 0 Å². The van der Waals surface area contributed by atoms with Crippen molar-refractivity contribution < 1.29 is 14.5 Å². The Bertz CT molecular complexity index is 647. The van der Waals surface area contributed by atoms with Gasteiger partial charge in [0, 0.05) is 38.2 Å². The van der Waals surface area contributed by atoms with Crippen molar-refractivity contribution in [2.45, 2.75) is 25.7 Å². The van der Waals surface area contributed by atoms with Crippen LogP contribution >= 0.6 is 0 Å². The third kappa shape index (κ3) is 3.25. The van der Waals surface area contributed by atoms with Crippen LogP contribution in [0, 0.1) is 16.0 Å². The van der Waals surface area contributed by atoms with Crippen LogP contribution < -0.4 is 0 Å². The highest BCUT2D eigenvalue weighted by molar-refractivity contribution is 5.98. The Kier molecular flexibility index (Phi) is 4.78. The zero-order valence-electron chi connectivity index (χ0n) is 13.5. The molecule has 1 aromatic carbocycles. The Labute approximate surface area is 140 Å². The summed E-state index contributed by atoms with van der Waals surface area (Å²) < 4.78 is 0. The first-order valence-electron chi connectivity index (χ1n) is 8.39. The zero-order valence-corrected chi connectivity index (χ0v) is 13.5. The van der Waals surface area contributed by atoms with Crippen molar-refractivity contribution in [3.63, 3.8) is 0 Å². The van der Waals surface area contributed by atoms with Gasteiger partial charge in [0.15, 0.2) is 0 Å². The fourth-order valence-electron chi connectivity index (χ4n) is 3.51. The van der Waals surface area contributed by atoms with E-state index < -0.39 is 4.92 Å². The van der Waals surface area contributed by atoms with Gasteiger partial charge < -0.3 is 9.80 Å². The zero-order chi connectivity index (χ0) is 17.1. The fraction of sp³-hybridized carbons (Fsp3) is 0.529. The quantitative estimate of drug-likeness (QED) is 0.627. The highest BCUT2D eigenvalue weighted by atomic mass is 16.6. The molecule has 2 heterocycles. The van der Waals surface area contributed by atoms with E-state index in [0.717, 1.165) is 25.9 Å². The molecule has 2 aliphatic rings. The molecule has 2 aliphatic heterocycles. The number of nitrogens with zero attached hydrogens (tertiary/aromatic N) is 3. The molecule has 2 amide bonds. The molecule has 2 fully saturated rings. The monoisotopic (exact) mass is 331 g/mol. The first-order valence-corrected chi connectivity index (χ1v) is 8.39. The number of carbonyl (C=O) groups is 2. The van der Waals surface area contributed by atoms with Crippen LogP contribution in [0.1, 0.15) is 36.0 Å². The predicted octanol–water partition coefficient (Wildman–Crippen LogP) is 2.07. The molecule has 128 valence electrons. The van der Waals surface area contributed by atoms with Crippen molar-refractivity contribution in [1.82, 2.24) is 9.80 Å². The van der Waals surface area contributed by atoms with E-state index in [9.17, 15) is 19.7 Å². The van der Waals surface area contributed by atoms with Crippen LogP contribution in [-0.4, -0.2) is 52.7 Å². The number of hydrogen-bond acceptors (Lipinski definition) is 4. The predicted molar refractivity (Wildman–Crippen MR) is 87.5 cm³/mol. The Morgan fingerprint density at radius 2 is 1.62 bits per heavy atom. The van der Waals surface area contributed by atoms with E-state index in [1.54, 1.807) is 17.0 Å². The molecule has 0 saturated carbocycles. The van der Waals surface area contributed by atoms with E-state index in [4.69, 9.17) is 0 Å². The third-order valence-electron chi connectivity index (χ3n) is 4.88. The van der Waals surface area contributed by atoms with E-state index in [1.165, 1.54) is 12.1 Å². The molecule has 0 radical (unpaired) electrons. The van der Waals surface area contributed by atoms with Crippen LogP contribution in [0.2, 0.25) is 0 Å². The second kappa shape index (κ2) is 6.98. The molecular weight excluding hydrogens is 310 g/mol. The van der Waals surface area contributed by atoms with Crippen molar-refractivity contribution >= 4 is 17.5 Å². The maximum absolute atomic E-state index is 12.6. The lowest BCUT2D eigenvalue weighted by Crippen LogP contribution is -2.43. The van der Waals surface area contributed by atoms with Gasteiger partial charge in [-0.1, -0.05) is 12.1 Å². The summed E-state index contributed by atoms with van der Waals surface area (Å²) in [6, 6.07) is 6.01. The first-order chi connectivity index (χ1) is 11.6. The van der Waals surface area contributed by atoms with E-state index in [2.05, 4.69) is 0 Å². The molecule has 24 heavy (non-hydrogen) atoms. The summed E-state index contributed by atoms with van der Waals surface area (Å²) in [5.41, 5.74) is -0.0513. The van der Waals surface area contributed by atoms with Gasteiger partial charge in [0.1, 0.15) is 5.56 Å². The van der Waals surface area contributed by atoms with Gasteiger partial charge in [0.25, 0.3) is 11.6 Å². The molecule has 0 bridgehead atoms. The summed E-state index contributed by atoms with van der Waals surface area (Å²) >= 11 is 0. The molecule has 1 aromatic rings. The SMILES string of the molecule is O=C(c1ccccc1[N+](=O)[O-])N1CCC(C(=O)N2CCCC2)CC1. The summed E-state index contributed by atoms with van der Waals surface area (Å²) in [5, 5.41) is 11.1. The highest BCUT2D eigenvalue weighted by Gasteiger charge is 2.32. The lowest BCUT2D eigenvalue weighted by Gasteiger charge is -2.33. The van der Waals surface area contributed by atoms with E-state index in [0.29, 0.717) is 25.9 Å². The van der Waals surface area contributed by atoms with Gasteiger partial charge in [-0.2, -0.15) is 0 Å². The molecule has 0 atom stereocenters. The topological polar surface area (TPSA) is 83.8 Å². The minimum absolute atomic E-state index is 0.0297. The number of hydrogen-bond donors (Lipinski definition) is 0. The van der Waals surface area contributed by atoms with Gasteiger partial charge in [-0.3, -0.25) is 19.7 Å². The molecule has 7 heteroatoms. The molecule has 0 aliphatic carbocycles. The molecule has 7 nitrogen and oxygen atoms in total. The van der Waals surface area contributed by atoms with Crippen molar-refractivity contribution in [2.24, 2.45) is 5.92 Å². The van der Waals surface area contributed by atoms with Gasteiger partial charge in [0.05, 0.1) is 4.92 Å².